The molecule has 18 heavy (non-hydrogen) atoms. The van der Waals surface area contributed by atoms with Gasteiger partial charge in [0.15, 0.2) is 5.78 Å². The van der Waals surface area contributed by atoms with Crippen LogP contribution in [0.2, 0.25) is 0 Å². The molecule has 0 aliphatic rings. The molecule has 0 saturated heterocycles. The highest BCUT2D eigenvalue weighted by Gasteiger charge is 2.20. The summed E-state index contributed by atoms with van der Waals surface area (Å²) in [7, 11) is 0. The second-order valence-electron chi connectivity index (χ2n) is 4.51. The number of aromatic carboxylic acids is 1. The number of carboxylic acids is 1. The van der Waals surface area contributed by atoms with Gasteiger partial charge in [-0.15, -0.1) is 0 Å². The van der Waals surface area contributed by atoms with E-state index in [0.717, 1.165) is 25.0 Å². The van der Waals surface area contributed by atoms with E-state index in [4.69, 9.17) is 0 Å². The second-order valence-corrected chi connectivity index (χ2v) is 4.51. The molecule has 0 amide bonds. The van der Waals surface area contributed by atoms with Gasteiger partial charge in [-0.1, -0.05) is 26.7 Å². The molecule has 0 aliphatic heterocycles. The molecular weight excluding hydrogens is 230 g/mol. The maximum atomic E-state index is 11.6. The molecule has 0 spiro atoms. The highest BCUT2D eigenvalue weighted by atomic mass is 16.4. The van der Waals surface area contributed by atoms with Crippen LogP contribution in [0, 0.1) is 0 Å². The summed E-state index contributed by atoms with van der Waals surface area (Å²) in [6.45, 7) is 6.29. The van der Waals surface area contributed by atoms with E-state index >= 15 is 0 Å². The van der Waals surface area contributed by atoms with E-state index in [0.29, 0.717) is 18.7 Å². The van der Waals surface area contributed by atoms with E-state index in [2.05, 4.69) is 6.92 Å². The van der Waals surface area contributed by atoms with E-state index in [-0.39, 0.29) is 11.3 Å². The van der Waals surface area contributed by atoms with Gasteiger partial charge < -0.3 is 9.67 Å². The van der Waals surface area contributed by atoms with Crippen LogP contribution in [0.4, 0.5) is 0 Å². The number of ketones is 1. The zero-order valence-electron chi connectivity index (χ0n) is 11.3. The molecule has 4 heteroatoms. The van der Waals surface area contributed by atoms with E-state index < -0.39 is 5.97 Å². The first kappa shape index (κ1) is 14.5. The lowest BCUT2D eigenvalue weighted by atomic mass is 10.1. The molecule has 0 aliphatic carbocycles. The molecule has 1 aromatic rings. The molecule has 0 unspecified atom stereocenters. The predicted octanol–water partition coefficient (Wildman–Crippen LogP) is 3.14. The highest BCUT2D eigenvalue weighted by molar-refractivity contribution is 5.97. The molecule has 0 radical (unpaired) electrons. The van der Waals surface area contributed by atoms with Gasteiger partial charge in [-0.3, -0.25) is 4.79 Å². The Kier molecular flexibility index (Phi) is 5.13. The number of unbranched alkanes of at least 4 members (excludes halogenated alkanes) is 1. The van der Waals surface area contributed by atoms with Crippen molar-refractivity contribution in [3.8, 4) is 0 Å². The molecule has 1 aromatic heterocycles. The second kappa shape index (κ2) is 6.38. The Hall–Kier alpha value is -1.58. The summed E-state index contributed by atoms with van der Waals surface area (Å²) in [6.07, 6.45) is 3.53. The summed E-state index contributed by atoms with van der Waals surface area (Å²) in [5, 5.41) is 9.21. The molecule has 0 bridgehead atoms. The fourth-order valence-electron chi connectivity index (χ4n) is 2.14. The first-order valence-corrected chi connectivity index (χ1v) is 6.49. The van der Waals surface area contributed by atoms with E-state index in [1.807, 2.05) is 11.5 Å². The Bertz CT molecular complexity index is 446. The Morgan fingerprint density at radius 1 is 1.28 bits per heavy atom. The van der Waals surface area contributed by atoms with Crippen molar-refractivity contribution in [2.24, 2.45) is 0 Å². The lowest BCUT2D eigenvalue weighted by Crippen LogP contribution is -2.11. The van der Waals surface area contributed by atoms with Crippen LogP contribution in [0.1, 0.15) is 66.6 Å². The molecule has 100 valence electrons. The Morgan fingerprint density at radius 2 is 1.94 bits per heavy atom. The van der Waals surface area contributed by atoms with Crippen molar-refractivity contribution in [2.75, 3.05) is 0 Å². The van der Waals surface area contributed by atoms with Gasteiger partial charge in [0, 0.05) is 19.2 Å². The maximum Gasteiger partial charge on any atom is 0.337 e. The van der Waals surface area contributed by atoms with Crippen LogP contribution < -0.4 is 0 Å². The summed E-state index contributed by atoms with van der Waals surface area (Å²) < 4.78 is 1.89. The number of hydrogen-bond donors (Lipinski definition) is 1. The van der Waals surface area contributed by atoms with Gasteiger partial charge in [-0.2, -0.15) is 0 Å². The zero-order chi connectivity index (χ0) is 13.7. The lowest BCUT2D eigenvalue weighted by molar-refractivity contribution is 0.0695. The number of hydrogen-bond acceptors (Lipinski definition) is 2. The molecule has 0 aromatic carbocycles. The largest absolute Gasteiger partial charge is 0.478 e. The molecule has 0 saturated carbocycles. The van der Waals surface area contributed by atoms with Crippen molar-refractivity contribution in [1.29, 1.82) is 0 Å². The Labute approximate surface area is 108 Å². The van der Waals surface area contributed by atoms with Crippen LogP contribution in [-0.2, 0) is 13.0 Å². The van der Waals surface area contributed by atoms with Crippen LogP contribution in [0.3, 0.4) is 0 Å². The van der Waals surface area contributed by atoms with Gasteiger partial charge >= 0.3 is 5.97 Å². The van der Waals surface area contributed by atoms with Crippen LogP contribution in [0.15, 0.2) is 6.07 Å². The number of rotatable bonds is 7. The molecule has 1 N–H and O–H groups in total. The van der Waals surface area contributed by atoms with Gasteiger partial charge in [-0.25, -0.2) is 4.79 Å². The first-order chi connectivity index (χ1) is 8.52. The third kappa shape index (κ3) is 3.00. The van der Waals surface area contributed by atoms with Gasteiger partial charge in [0.25, 0.3) is 0 Å². The van der Waals surface area contributed by atoms with Crippen molar-refractivity contribution in [3.05, 3.63) is 23.0 Å². The fraction of sp³-hybridized carbons (Fsp3) is 0.571. The van der Waals surface area contributed by atoms with E-state index in [1.54, 1.807) is 0 Å². The minimum atomic E-state index is -0.948. The Morgan fingerprint density at radius 3 is 2.39 bits per heavy atom. The number of carbonyl (C=O) groups is 2. The minimum absolute atomic E-state index is 0.0732. The molecule has 1 heterocycles. The van der Waals surface area contributed by atoms with Crippen LogP contribution in [0.5, 0.6) is 0 Å². The van der Waals surface area contributed by atoms with Crippen molar-refractivity contribution in [1.82, 2.24) is 4.57 Å². The van der Waals surface area contributed by atoms with Crippen LogP contribution in [0.25, 0.3) is 0 Å². The summed E-state index contributed by atoms with van der Waals surface area (Å²) in [6, 6.07) is 1.52. The summed E-state index contributed by atoms with van der Waals surface area (Å²) in [5.74, 6) is -1.02. The van der Waals surface area contributed by atoms with E-state index in [9.17, 15) is 14.7 Å². The molecule has 0 atom stereocenters. The first-order valence-electron chi connectivity index (χ1n) is 6.49. The standard InChI is InChI=1S/C14H21NO3/c1-4-6-8-15-12(7-5-2)11(14(17)18)9-13(15)10(3)16/h9H,4-8H2,1-3H3,(H,17,18). The number of carboxylic acid groups (broad SMARTS) is 1. The smallest absolute Gasteiger partial charge is 0.337 e. The lowest BCUT2D eigenvalue weighted by Gasteiger charge is -2.11. The minimum Gasteiger partial charge on any atom is -0.478 e. The predicted molar refractivity (Wildman–Crippen MR) is 70.3 cm³/mol. The average molecular weight is 251 g/mol. The molecule has 1 rings (SSSR count). The summed E-state index contributed by atoms with van der Waals surface area (Å²) in [4.78, 5) is 22.8. The van der Waals surface area contributed by atoms with Crippen LogP contribution >= 0.6 is 0 Å². The highest BCUT2D eigenvalue weighted by Crippen LogP contribution is 2.20. The summed E-state index contributed by atoms with van der Waals surface area (Å²) >= 11 is 0. The third-order valence-electron chi connectivity index (χ3n) is 3.02. The zero-order valence-corrected chi connectivity index (χ0v) is 11.3. The van der Waals surface area contributed by atoms with E-state index in [1.165, 1.54) is 13.0 Å². The molecular formula is C14H21NO3. The van der Waals surface area contributed by atoms with Crippen LogP contribution in [-0.4, -0.2) is 21.4 Å². The monoisotopic (exact) mass is 251 g/mol. The van der Waals surface area contributed by atoms with Crippen molar-refractivity contribution < 1.29 is 14.7 Å². The topological polar surface area (TPSA) is 59.3 Å². The fourth-order valence-corrected chi connectivity index (χ4v) is 2.14. The van der Waals surface area contributed by atoms with Crippen molar-refractivity contribution >= 4 is 11.8 Å². The van der Waals surface area contributed by atoms with Gasteiger partial charge in [0.05, 0.1) is 11.3 Å². The number of aromatic nitrogens is 1. The van der Waals surface area contributed by atoms with Gasteiger partial charge in [0.2, 0.25) is 0 Å². The number of Topliss-reactive ketones (excluding diaryl/α,β-unsaturated/α-hetero) is 1. The quantitative estimate of drug-likeness (QED) is 0.757. The molecule has 0 fully saturated rings. The maximum absolute atomic E-state index is 11.6. The number of carbonyl (C=O) groups excluding carboxylic acids is 1. The van der Waals surface area contributed by atoms with Crippen molar-refractivity contribution in [2.45, 2.75) is 53.0 Å². The Balaban J connectivity index is 3.29. The SMILES string of the molecule is CCCCn1c(C(C)=O)cc(C(=O)O)c1CCC. The number of nitrogens with zero attached hydrogens (tertiary/aromatic N) is 1. The van der Waals surface area contributed by atoms with Gasteiger partial charge in [-0.05, 0) is 18.9 Å². The third-order valence-corrected chi connectivity index (χ3v) is 3.02. The summed E-state index contributed by atoms with van der Waals surface area (Å²) in [5.41, 5.74) is 1.58. The molecule has 4 nitrogen and oxygen atoms in total. The van der Waals surface area contributed by atoms with Crippen molar-refractivity contribution in [3.63, 3.8) is 0 Å². The average Bonchev–Trinajstić information content (AvgIpc) is 2.66. The van der Waals surface area contributed by atoms with Gasteiger partial charge in [0.1, 0.15) is 0 Å². The normalized spacial score (nSPS) is 10.6.